The summed E-state index contributed by atoms with van der Waals surface area (Å²) in [7, 11) is -6.72. The molecule has 0 radical (unpaired) electrons. The summed E-state index contributed by atoms with van der Waals surface area (Å²) in [6.45, 7) is 0.0543. The number of sulfonamides is 2. The van der Waals surface area contributed by atoms with Crippen LogP contribution in [0.4, 0.5) is 5.69 Å². The maximum atomic E-state index is 11.7. The minimum atomic E-state index is -3.42. The number of nitrogen functional groups attached to an aromatic ring is 1. The molecule has 0 aromatic heterocycles. The Kier molecular flexibility index (Phi) is 6.94. The van der Waals surface area contributed by atoms with Crippen LogP contribution >= 0.6 is 11.8 Å². The largest absolute Gasteiger partial charge is 0.399 e. The lowest BCUT2D eigenvalue weighted by molar-refractivity contribution is 0.574. The molecule has 10 heteroatoms. The molecule has 7 nitrogen and oxygen atoms in total. The van der Waals surface area contributed by atoms with Crippen LogP contribution in [0, 0.1) is 0 Å². The second-order valence-electron chi connectivity index (χ2n) is 4.30. The van der Waals surface area contributed by atoms with Crippen molar-refractivity contribution in [3.8, 4) is 0 Å². The number of benzene rings is 1. The van der Waals surface area contributed by atoms with Gasteiger partial charge in [-0.3, -0.25) is 0 Å². The van der Waals surface area contributed by atoms with Crippen molar-refractivity contribution in [2.24, 2.45) is 0 Å². The Morgan fingerprint density at radius 3 is 2.43 bits per heavy atom. The van der Waals surface area contributed by atoms with E-state index in [1.165, 1.54) is 11.8 Å². The first-order valence-electron chi connectivity index (χ1n) is 6.08. The van der Waals surface area contributed by atoms with Gasteiger partial charge in [0.1, 0.15) is 0 Å². The van der Waals surface area contributed by atoms with Gasteiger partial charge in [0.05, 0.1) is 12.0 Å². The van der Waals surface area contributed by atoms with E-state index in [4.69, 9.17) is 5.73 Å². The van der Waals surface area contributed by atoms with Gasteiger partial charge < -0.3 is 5.73 Å². The molecule has 0 aliphatic rings. The molecule has 1 rings (SSSR count). The van der Waals surface area contributed by atoms with Crippen molar-refractivity contribution < 1.29 is 16.8 Å². The Balaban J connectivity index is 2.30. The summed E-state index contributed by atoms with van der Waals surface area (Å²) in [5.74, 6) is 0.337. The summed E-state index contributed by atoms with van der Waals surface area (Å²) >= 11 is 1.39. The molecule has 0 fully saturated rings. The Hall–Kier alpha value is -0.810. The van der Waals surface area contributed by atoms with Crippen molar-refractivity contribution >= 4 is 37.5 Å². The predicted octanol–water partition coefficient (Wildman–Crippen LogP) is -0.170. The maximum Gasteiger partial charge on any atom is 0.212 e. The molecule has 0 saturated carbocycles. The lowest BCUT2D eigenvalue weighted by Crippen LogP contribution is -2.35. The predicted molar refractivity (Wildman–Crippen MR) is 86.2 cm³/mol. The molecule has 0 saturated heterocycles. The summed E-state index contributed by atoms with van der Waals surface area (Å²) in [5.41, 5.74) is 6.26. The summed E-state index contributed by atoms with van der Waals surface area (Å²) in [4.78, 5) is 0.906. The Labute approximate surface area is 129 Å². The number of hydrogen-bond donors (Lipinski definition) is 3. The van der Waals surface area contributed by atoms with Crippen LogP contribution in [-0.4, -0.2) is 47.7 Å². The lowest BCUT2D eigenvalue weighted by atomic mass is 10.3. The average molecular weight is 353 g/mol. The standard InChI is InChI=1S/C11H19N3O4S3/c1-20(15,16)13-5-6-14-21(17,18)8-7-19-11-4-2-3-10(12)9-11/h2-4,9,13-14H,5-8,12H2,1H3. The van der Waals surface area contributed by atoms with Crippen molar-refractivity contribution in [2.75, 3.05) is 36.6 Å². The molecule has 1 aromatic rings. The van der Waals surface area contributed by atoms with Crippen molar-refractivity contribution in [1.29, 1.82) is 0 Å². The number of hydrogen-bond acceptors (Lipinski definition) is 6. The van der Waals surface area contributed by atoms with Gasteiger partial charge in [-0.15, -0.1) is 11.8 Å². The Morgan fingerprint density at radius 1 is 1.14 bits per heavy atom. The zero-order valence-electron chi connectivity index (χ0n) is 11.6. The summed E-state index contributed by atoms with van der Waals surface area (Å²) in [6, 6.07) is 7.20. The van der Waals surface area contributed by atoms with Crippen molar-refractivity contribution in [3.05, 3.63) is 24.3 Å². The summed E-state index contributed by atoms with van der Waals surface area (Å²) < 4.78 is 49.5. The van der Waals surface area contributed by atoms with E-state index < -0.39 is 20.0 Å². The number of anilines is 1. The first kappa shape index (κ1) is 18.2. The fraction of sp³-hybridized carbons (Fsp3) is 0.455. The highest BCUT2D eigenvalue weighted by molar-refractivity contribution is 8.00. The van der Waals surface area contributed by atoms with E-state index in [1.807, 2.05) is 6.07 Å². The van der Waals surface area contributed by atoms with Gasteiger partial charge >= 0.3 is 0 Å². The maximum absolute atomic E-state index is 11.7. The molecule has 1 aromatic carbocycles. The van der Waals surface area contributed by atoms with E-state index >= 15 is 0 Å². The topological polar surface area (TPSA) is 118 Å². The third-order valence-corrected chi connectivity index (χ3v) is 5.66. The minimum Gasteiger partial charge on any atom is -0.399 e. The molecule has 0 unspecified atom stereocenters. The quantitative estimate of drug-likeness (QED) is 0.322. The monoisotopic (exact) mass is 353 g/mol. The molecule has 0 spiro atoms. The zero-order valence-corrected chi connectivity index (χ0v) is 14.0. The molecule has 0 amide bonds. The minimum absolute atomic E-state index is 0.0261. The van der Waals surface area contributed by atoms with Crippen LogP contribution in [0.3, 0.4) is 0 Å². The first-order chi connectivity index (χ1) is 9.68. The van der Waals surface area contributed by atoms with Crippen LogP contribution in [0.1, 0.15) is 0 Å². The Morgan fingerprint density at radius 2 is 1.81 bits per heavy atom. The first-order valence-corrected chi connectivity index (χ1v) is 10.6. The SMILES string of the molecule is CS(=O)(=O)NCCNS(=O)(=O)CCSc1cccc(N)c1. The second kappa shape index (κ2) is 7.99. The van der Waals surface area contributed by atoms with E-state index in [0.29, 0.717) is 11.4 Å². The van der Waals surface area contributed by atoms with Crippen molar-refractivity contribution in [1.82, 2.24) is 9.44 Å². The van der Waals surface area contributed by atoms with Crippen LogP contribution in [0.2, 0.25) is 0 Å². The second-order valence-corrected chi connectivity index (χ2v) is 9.23. The molecule has 0 bridgehead atoms. The van der Waals surface area contributed by atoms with Gasteiger partial charge in [0.2, 0.25) is 20.0 Å². The van der Waals surface area contributed by atoms with Crippen LogP contribution in [-0.2, 0) is 20.0 Å². The van der Waals surface area contributed by atoms with Crippen LogP contribution in [0.25, 0.3) is 0 Å². The van der Waals surface area contributed by atoms with Gasteiger partial charge in [0.25, 0.3) is 0 Å². The molecule has 4 N–H and O–H groups in total. The van der Waals surface area contributed by atoms with Gasteiger partial charge in [-0.25, -0.2) is 26.3 Å². The molecule has 0 atom stereocenters. The third-order valence-electron chi connectivity index (χ3n) is 2.29. The number of thioether (sulfide) groups is 1. The summed E-state index contributed by atoms with van der Waals surface area (Å²) in [5, 5.41) is 0. The van der Waals surface area contributed by atoms with Gasteiger partial charge in [-0.1, -0.05) is 6.07 Å². The van der Waals surface area contributed by atoms with Crippen LogP contribution in [0.15, 0.2) is 29.2 Å². The molecule has 120 valence electrons. The van der Waals surface area contributed by atoms with Crippen LogP contribution < -0.4 is 15.2 Å². The fourth-order valence-electron chi connectivity index (χ4n) is 1.39. The van der Waals surface area contributed by atoms with E-state index in [0.717, 1.165) is 11.2 Å². The van der Waals surface area contributed by atoms with E-state index in [1.54, 1.807) is 18.2 Å². The smallest absolute Gasteiger partial charge is 0.212 e. The van der Waals surface area contributed by atoms with Gasteiger partial charge in [-0.2, -0.15) is 0 Å². The van der Waals surface area contributed by atoms with E-state index in [2.05, 4.69) is 9.44 Å². The summed E-state index contributed by atoms with van der Waals surface area (Å²) in [6.07, 6.45) is 1.02. The average Bonchev–Trinajstić information content (AvgIpc) is 2.33. The van der Waals surface area contributed by atoms with Gasteiger partial charge in [-0.05, 0) is 18.2 Å². The Bertz CT molecular complexity index is 659. The van der Waals surface area contributed by atoms with E-state index in [-0.39, 0.29) is 18.8 Å². The van der Waals surface area contributed by atoms with Crippen LogP contribution in [0.5, 0.6) is 0 Å². The number of nitrogens with two attached hydrogens (primary N) is 1. The van der Waals surface area contributed by atoms with Gasteiger partial charge in [0.15, 0.2) is 0 Å². The highest BCUT2D eigenvalue weighted by atomic mass is 32.2. The molecular weight excluding hydrogens is 334 g/mol. The highest BCUT2D eigenvalue weighted by Gasteiger charge is 2.10. The van der Waals surface area contributed by atoms with E-state index in [9.17, 15) is 16.8 Å². The molecular formula is C11H19N3O4S3. The molecule has 0 heterocycles. The highest BCUT2D eigenvalue weighted by Crippen LogP contribution is 2.19. The third kappa shape index (κ3) is 8.94. The number of rotatable bonds is 9. The molecule has 0 aliphatic heterocycles. The van der Waals surface area contributed by atoms with Crippen molar-refractivity contribution in [3.63, 3.8) is 0 Å². The fourth-order valence-corrected chi connectivity index (χ4v) is 4.26. The lowest BCUT2D eigenvalue weighted by Gasteiger charge is -2.07. The van der Waals surface area contributed by atoms with Gasteiger partial charge in [0, 0.05) is 29.4 Å². The van der Waals surface area contributed by atoms with Crippen molar-refractivity contribution in [2.45, 2.75) is 4.90 Å². The molecule has 21 heavy (non-hydrogen) atoms. The normalized spacial score (nSPS) is 12.4. The molecule has 0 aliphatic carbocycles. The number of nitrogens with one attached hydrogen (secondary N) is 2. The zero-order chi connectivity index (χ0) is 15.9.